The predicted octanol–water partition coefficient (Wildman–Crippen LogP) is 3.36. The molecule has 1 aliphatic rings. The third kappa shape index (κ3) is 3.21. The molecule has 1 atom stereocenters. The summed E-state index contributed by atoms with van der Waals surface area (Å²) in [6.45, 7) is 10.8. The molecule has 0 radical (unpaired) electrons. The van der Waals surface area contributed by atoms with Gasteiger partial charge in [0.25, 0.3) is 0 Å². The molecule has 2 heteroatoms. The molecule has 16 heavy (non-hydrogen) atoms. The summed E-state index contributed by atoms with van der Waals surface area (Å²) in [5, 5.41) is 3.73. The van der Waals surface area contributed by atoms with Crippen LogP contribution in [0.1, 0.15) is 59.8 Å². The number of nitrogens with one attached hydrogen (secondary N) is 1. The van der Waals surface area contributed by atoms with Crippen molar-refractivity contribution in [3.8, 4) is 0 Å². The molecule has 1 saturated carbocycles. The molecule has 1 N–H and O–H groups in total. The average molecular weight is 227 g/mol. The van der Waals surface area contributed by atoms with E-state index in [4.69, 9.17) is 4.74 Å². The Bertz CT molecular complexity index is 185. The van der Waals surface area contributed by atoms with Crippen LogP contribution in [0.15, 0.2) is 0 Å². The van der Waals surface area contributed by atoms with Crippen LogP contribution in [0.2, 0.25) is 0 Å². The van der Waals surface area contributed by atoms with Gasteiger partial charge in [-0.25, -0.2) is 0 Å². The predicted molar refractivity (Wildman–Crippen MR) is 69.7 cm³/mol. The quantitative estimate of drug-likeness (QED) is 0.652. The molecule has 2 nitrogen and oxygen atoms in total. The van der Waals surface area contributed by atoms with Gasteiger partial charge in [-0.15, -0.1) is 0 Å². The molecular formula is C14H29NO. The molecule has 0 aromatic rings. The van der Waals surface area contributed by atoms with E-state index < -0.39 is 0 Å². The van der Waals surface area contributed by atoms with E-state index in [0.717, 1.165) is 31.9 Å². The molecule has 0 saturated heterocycles. The Labute approximate surface area is 101 Å². The summed E-state index contributed by atoms with van der Waals surface area (Å²) in [6, 6.07) is 0.572. The lowest BCUT2D eigenvalue weighted by molar-refractivity contribution is -0.0770. The van der Waals surface area contributed by atoms with Gasteiger partial charge in [-0.1, -0.05) is 20.8 Å². The molecule has 1 unspecified atom stereocenters. The van der Waals surface area contributed by atoms with E-state index >= 15 is 0 Å². The normalized spacial score (nSPS) is 18.8. The van der Waals surface area contributed by atoms with Crippen LogP contribution in [0.3, 0.4) is 0 Å². The van der Waals surface area contributed by atoms with Gasteiger partial charge in [0.05, 0.1) is 5.60 Å². The molecule has 0 aliphatic heterocycles. The molecule has 1 rings (SSSR count). The molecule has 96 valence electrons. The van der Waals surface area contributed by atoms with Crippen LogP contribution in [0, 0.1) is 5.92 Å². The van der Waals surface area contributed by atoms with Gasteiger partial charge >= 0.3 is 0 Å². The van der Waals surface area contributed by atoms with E-state index in [2.05, 4.69) is 33.0 Å². The Morgan fingerprint density at radius 3 is 2.19 bits per heavy atom. The Hall–Kier alpha value is -0.0800. The van der Waals surface area contributed by atoms with Crippen molar-refractivity contribution in [1.29, 1.82) is 0 Å². The van der Waals surface area contributed by atoms with Gasteiger partial charge in [0.15, 0.2) is 0 Å². The van der Waals surface area contributed by atoms with E-state index in [9.17, 15) is 0 Å². The second-order valence-corrected chi connectivity index (χ2v) is 4.97. The average Bonchev–Trinajstić information content (AvgIpc) is 3.12. The first kappa shape index (κ1) is 14.0. The molecule has 0 aromatic heterocycles. The van der Waals surface area contributed by atoms with Gasteiger partial charge in [0, 0.05) is 12.6 Å². The summed E-state index contributed by atoms with van der Waals surface area (Å²) in [6.07, 6.45) is 6.22. The third-order valence-electron chi connectivity index (χ3n) is 3.90. The Kier molecular flexibility index (Phi) is 5.77. The zero-order chi connectivity index (χ0) is 12.0. The first-order valence-corrected chi connectivity index (χ1v) is 7.11. The van der Waals surface area contributed by atoms with Crippen molar-refractivity contribution < 1.29 is 4.74 Å². The summed E-state index contributed by atoms with van der Waals surface area (Å²) in [7, 11) is 0. The van der Waals surface area contributed by atoms with Crippen molar-refractivity contribution in [2.45, 2.75) is 71.4 Å². The highest BCUT2D eigenvalue weighted by Crippen LogP contribution is 2.41. The van der Waals surface area contributed by atoms with E-state index in [1.807, 2.05) is 0 Å². The van der Waals surface area contributed by atoms with Crippen molar-refractivity contribution in [3.63, 3.8) is 0 Å². The van der Waals surface area contributed by atoms with Gasteiger partial charge in [0.2, 0.25) is 0 Å². The van der Waals surface area contributed by atoms with Gasteiger partial charge in [-0.05, 0) is 51.5 Å². The first-order chi connectivity index (χ1) is 7.74. The number of ether oxygens (including phenoxy) is 1. The van der Waals surface area contributed by atoms with Crippen LogP contribution in [-0.2, 0) is 4.74 Å². The number of rotatable bonds is 9. The summed E-state index contributed by atoms with van der Waals surface area (Å²) in [5.41, 5.74) is 0.0745. The SMILES string of the molecule is CCCNC(C1CC1)C(CC)(CC)OCC. The molecule has 0 bridgehead atoms. The summed E-state index contributed by atoms with van der Waals surface area (Å²) in [4.78, 5) is 0. The largest absolute Gasteiger partial charge is 0.374 e. The van der Waals surface area contributed by atoms with Crippen LogP contribution in [0.5, 0.6) is 0 Å². The van der Waals surface area contributed by atoms with E-state index in [-0.39, 0.29) is 5.60 Å². The highest BCUT2D eigenvalue weighted by atomic mass is 16.5. The van der Waals surface area contributed by atoms with Crippen LogP contribution >= 0.6 is 0 Å². The smallest absolute Gasteiger partial charge is 0.0832 e. The first-order valence-electron chi connectivity index (χ1n) is 7.11. The van der Waals surface area contributed by atoms with E-state index in [1.165, 1.54) is 19.3 Å². The number of hydrogen-bond donors (Lipinski definition) is 1. The standard InChI is InChI=1S/C14H29NO/c1-5-11-15-13(12-9-10-12)14(6-2,7-3)16-8-4/h12-13,15H,5-11H2,1-4H3. The lowest BCUT2D eigenvalue weighted by Crippen LogP contribution is -2.53. The van der Waals surface area contributed by atoms with Crippen molar-refractivity contribution in [3.05, 3.63) is 0 Å². The van der Waals surface area contributed by atoms with Gasteiger partial charge in [-0.3, -0.25) is 0 Å². The second kappa shape index (κ2) is 6.61. The fourth-order valence-corrected chi connectivity index (χ4v) is 2.78. The summed E-state index contributed by atoms with van der Waals surface area (Å²) >= 11 is 0. The van der Waals surface area contributed by atoms with Gasteiger partial charge < -0.3 is 10.1 Å². The van der Waals surface area contributed by atoms with Crippen molar-refractivity contribution in [2.75, 3.05) is 13.2 Å². The van der Waals surface area contributed by atoms with Crippen LogP contribution in [0.4, 0.5) is 0 Å². The van der Waals surface area contributed by atoms with Crippen molar-refractivity contribution in [1.82, 2.24) is 5.32 Å². The molecule has 0 amide bonds. The zero-order valence-corrected chi connectivity index (χ0v) is 11.5. The Balaban J connectivity index is 2.68. The molecule has 1 fully saturated rings. The minimum absolute atomic E-state index is 0.0745. The maximum Gasteiger partial charge on any atom is 0.0832 e. The molecule has 0 heterocycles. The van der Waals surface area contributed by atoms with E-state index in [0.29, 0.717) is 6.04 Å². The molecule has 0 spiro atoms. The maximum atomic E-state index is 6.13. The molecule has 0 aromatic carbocycles. The van der Waals surface area contributed by atoms with Crippen LogP contribution in [0.25, 0.3) is 0 Å². The maximum absolute atomic E-state index is 6.13. The lowest BCUT2D eigenvalue weighted by Gasteiger charge is -2.40. The minimum atomic E-state index is 0.0745. The molecular weight excluding hydrogens is 198 g/mol. The fourth-order valence-electron chi connectivity index (χ4n) is 2.78. The van der Waals surface area contributed by atoms with Crippen LogP contribution < -0.4 is 5.32 Å². The highest BCUT2D eigenvalue weighted by Gasteiger charge is 2.44. The van der Waals surface area contributed by atoms with Crippen molar-refractivity contribution in [2.24, 2.45) is 5.92 Å². The van der Waals surface area contributed by atoms with E-state index in [1.54, 1.807) is 0 Å². The molecule has 1 aliphatic carbocycles. The van der Waals surface area contributed by atoms with Crippen LogP contribution in [-0.4, -0.2) is 24.8 Å². The summed E-state index contributed by atoms with van der Waals surface area (Å²) < 4.78 is 6.13. The van der Waals surface area contributed by atoms with Gasteiger partial charge in [-0.2, -0.15) is 0 Å². The summed E-state index contributed by atoms with van der Waals surface area (Å²) in [5.74, 6) is 0.859. The zero-order valence-electron chi connectivity index (χ0n) is 11.5. The third-order valence-corrected chi connectivity index (χ3v) is 3.90. The monoisotopic (exact) mass is 227 g/mol. The lowest BCUT2D eigenvalue weighted by atomic mass is 9.85. The highest BCUT2D eigenvalue weighted by molar-refractivity contribution is 5.00. The van der Waals surface area contributed by atoms with Gasteiger partial charge in [0.1, 0.15) is 0 Å². The fraction of sp³-hybridized carbons (Fsp3) is 1.00. The topological polar surface area (TPSA) is 21.3 Å². The number of hydrogen-bond acceptors (Lipinski definition) is 2. The second-order valence-electron chi connectivity index (χ2n) is 4.97. The minimum Gasteiger partial charge on any atom is -0.374 e. The Morgan fingerprint density at radius 2 is 1.81 bits per heavy atom. The van der Waals surface area contributed by atoms with Crippen molar-refractivity contribution >= 4 is 0 Å². The Morgan fingerprint density at radius 1 is 1.19 bits per heavy atom.